The molecule has 1 N–H and O–H groups in total. The molecule has 3 atom stereocenters. The molecular formula is C27H52O3. The number of ether oxygens (including phenoxy) is 1. The molecule has 0 spiro atoms. The zero-order valence-corrected chi connectivity index (χ0v) is 21.5. The first-order chi connectivity index (χ1) is 13.9. The quantitative estimate of drug-likeness (QED) is 0.205. The summed E-state index contributed by atoms with van der Waals surface area (Å²) in [6.07, 6.45) is 10.1. The molecule has 1 unspecified atom stereocenters. The predicted octanol–water partition coefficient (Wildman–Crippen LogP) is 7.57. The van der Waals surface area contributed by atoms with Crippen molar-refractivity contribution in [3.63, 3.8) is 0 Å². The maximum absolute atomic E-state index is 12.2. The van der Waals surface area contributed by atoms with E-state index in [9.17, 15) is 9.90 Å². The Morgan fingerprint density at radius 3 is 1.83 bits per heavy atom. The molecule has 0 aromatic carbocycles. The van der Waals surface area contributed by atoms with E-state index in [-0.39, 0.29) is 12.1 Å². The van der Waals surface area contributed by atoms with Gasteiger partial charge in [-0.1, -0.05) is 99.5 Å². The minimum atomic E-state index is -0.390. The van der Waals surface area contributed by atoms with Gasteiger partial charge in [-0.15, -0.1) is 0 Å². The van der Waals surface area contributed by atoms with Gasteiger partial charge in [0.1, 0.15) is 6.10 Å². The second-order valence-corrected chi connectivity index (χ2v) is 10.9. The number of esters is 1. The molecule has 30 heavy (non-hydrogen) atoms. The van der Waals surface area contributed by atoms with Crippen molar-refractivity contribution in [1.82, 2.24) is 0 Å². The number of aliphatic hydroxyl groups excluding tert-OH is 1. The minimum absolute atomic E-state index is 0.0701. The topological polar surface area (TPSA) is 46.5 Å². The van der Waals surface area contributed by atoms with Crippen LogP contribution in [0, 0.1) is 29.6 Å². The van der Waals surface area contributed by atoms with Crippen LogP contribution in [0.4, 0.5) is 0 Å². The molecule has 0 aromatic heterocycles. The number of carbonyl (C=O) groups excluding carboxylic acids is 1. The Kier molecular flexibility index (Phi) is 15.5. The number of carbonyl (C=O) groups is 1. The molecule has 0 saturated heterocycles. The molecule has 0 amide bonds. The lowest BCUT2D eigenvalue weighted by atomic mass is 9.91. The van der Waals surface area contributed by atoms with Crippen LogP contribution in [0.2, 0.25) is 0 Å². The maximum atomic E-state index is 12.2. The summed E-state index contributed by atoms with van der Waals surface area (Å²) in [5.74, 6) is 2.43. The zero-order chi connectivity index (χ0) is 23.3. The van der Waals surface area contributed by atoms with Crippen LogP contribution in [0.25, 0.3) is 0 Å². The van der Waals surface area contributed by atoms with Crippen molar-refractivity contribution in [1.29, 1.82) is 0 Å². The Labute approximate surface area is 188 Å². The van der Waals surface area contributed by atoms with Crippen LogP contribution in [-0.4, -0.2) is 23.3 Å². The van der Waals surface area contributed by atoms with Crippen LogP contribution in [0.3, 0.4) is 0 Å². The molecule has 0 heterocycles. The van der Waals surface area contributed by atoms with Gasteiger partial charge >= 0.3 is 5.97 Å². The molecule has 178 valence electrons. The monoisotopic (exact) mass is 424 g/mol. The van der Waals surface area contributed by atoms with E-state index in [0.717, 1.165) is 23.8 Å². The summed E-state index contributed by atoms with van der Waals surface area (Å²) in [6, 6.07) is 0. The third-order valence-corrected chi connectivity index (χ3v) is 6.03. The fourth-order valence-corrected chi connectivity index (χ4v) is 4.34. The van der Waals surface area contributed by atoms with Crippen LogP contribution >= 0.6 is 0 Å². The summed E-state index contributed by atoms with van der Waals surface area (Å²) in [6.45, 7) is 19.4. The summed E-state index contributed by atoms with van der Waals surface area (Å²) in [5, 5.41) is 10.4. The van der Waals surface area contributed by atoms with Crippen LogP contribution < -0.4 is 0 Å². The molecule has 0 bridgehead atoms. The van der Waals surface area contributed by atoms with E-state index in [0.29, 0.717) is 24.2 Å². The highest BCUT2D eigenvalue weighted by Gasteiger charge is 2.21. The van der Waals surface area contributed by atoms with E-state index in [1.54, 1.807) is 6.08 Å². The fraction of sp³-hybridized carbons (Fsp3) is 0.889. The van der Waals surface area contributed by atoms with Gasteiger partial charge in [0.25, 0.3) is 0 Å². The van der Waals surface area contributed by atoms with Gasteiger partial charge in [0.05, 0.1) is 6.10 Å². The summed E-state index contributed by atoms with van der Waals surface area (Å²) in [5.41, 5.74) is 0.893. The second kappa shape index (κ2) is 15.9. The van der Waals surface area contributed by atoms with Gasteiger partial charge in [-0.2, -0.15) is 0 Å². The Morgan fingerprint density at radius 1 is 0.833 bits per heavy atom. The van der Waals surface area contributed by atoms with E-state index in [4.69, 9.17) is 4.74 Å². The normalized spacial score (nSPS) is 15.9. The third-order valence-electron chi connectivity index (χ3n) is 6.03. The molecule has 0 radical (unpaired) electrons. The van der Waals surface area contributed by atoms with Crippen molar-refractivity contribution in [2.45, 2.75) is 126 Å². The molecule has 0 aliphatic rings. The van der Waals surface area contributed by atoms with Gasteiger partial charge in [0, 0.05) is 6.08 Å². The van der Waals surface area contributed by atoms with Gasteiger partial charge in [-0.25, -0.2) is 4.79 Å². The van der Waals surface area contributed by atoms with Crippen molar-refractivity contribution in [3.05, 3.63) is 11.6 Å². The van der Waals surface area contributed by atoms with E-state index < -0.39 is 6.10 Å². The first-order valence-corrected chi connectivity index (χ1v) is 12.5. The predicted molar refractivity (Wildman–Crippen MR) is 129 cm³/mol. The summed E-state index contributed by atoms with van der Waals surface area (Å²) in [7, 11) is 0. The lowest BCUT2D eigenvalue weighted by Gasteiger charge is -2.24. The van der Waals surface area contributed by atoms with Gasteiger partial charge < -0.3 is 9.84 Å². The van der Waals surface area contributed by atoms with Crippen molar-refractivity contribution >= 4 is 5.97 Å². The SMILES string of the molecule is C/C(=C\C(=O)OC(C(C)C)C(C)C)CC(O)C[C@H](C)CCC[C@H](C)CCCC(C)C. The number of hydrogen-bond donors (Lipinski definition) is 1. The van der Waals surface area contributed by atoms with E-state index >= 15 is 0 Å². The van der Waals surface area contributed by atoms with Crippen LogP contribution in [0.1, 0.15) is 114 Å². The summed E-state index contributed by atoms with van der Waals surface area (Å²) in [4.78, 5) is 12.2. The van der Waals surface area contributed by atoms with Gasteiger partial charge in [-0.3, -0.25) is 0 Å². The van der Waals surface area contributed by atoms with E-state index in [1.165, 1.54) is 38.5 Å². The Bertz CT molecular complexity index is 470. The average molecular weight is 425 g/mol. The second-order valence-electron chi connectivity index (χ2n) is 10.9. The van der Waals surface area contributed by atoms with Crippen LogP contribution in [0.5, 0.6) is 0 Å². The van der Waals surface area contributed by atoms with Gasteiger partial charge in [0.2, 0.25) is 0 Å². The molecule has 3 nitrogen and oxygen atoms in total. The number of hydrogen-bond acceptors (Lipinski definition) is 3. The first-order valence-electron chi connectivity index (χ1n) is 12.5. The minimum Gasteiger partial charge on any atom is -0.459 e. The van der Waals surface area contributed by atoms with E-state index in [2.05, 4.69) is 55.4 Å². The van der Waals surface area contributed by atoms with Crippen molar-refractivity contribution in [2.24, 2.45) is 29.6 Å². The maximum Gasteiger partial charge on any atom is 0.330 e. The highest BCUT2D eigenvalue weighted by atomic mass is 16.5. The van der Waals surface area contributed by atoms with Gasteiger partial charge in [-0.05, 0) is 49.4 Å². The molecule has 3 heteroatoms. The lowest BCUT2D eigenvalue weighted by molar-refractivity contribution is -0.147. The van der Waals surface area contributed by atoms with Crippen molar-refractivity contribution < 1.29 is 14.6 Å². The zero-order valence-electron chi connectivity index (χ0n) is 21.5. The molecule has 0 aliphatic carbocycles. The fourth-order valence-electron chi connectivity index (χ4n) is 4.34. The van der Waals surface area contributed by atoms with Gasteiger partial charge in [0.15, 0.2) is 0 Å². The number of aliphatic hydroxyl groups is 1. The lowest BCUT2D eigenvalue weighted by Crippen LogP contribution is -2.28. The molecule has 0 saturated carbocycles. The first kappa shape index (κ1) is 29.2. The smallest absolute Gasteiger partial charge is 0.330 e. The molecular weight excluding hydrogens is 372 g/mol. The highest BCUT2D eigenvalue weighted by Crippen LogP contribution is 2.23. The van der Waals surface area contributed by atoms with Crippen LogP contribution in [0.15, 0.2) is 11.6 Å². The molecule has 0 aromatic rings. The van der Waals surface area contributed by atoms with Crippen molar-refractivity contribution in [3.8, 4) is 0 Å². The highest BCUT2D eigenvalue weighted by molar-refractivity contribution is 5.82. The van der Waals surface area contributed by atoms with E-state index in [1.807, 2.05) is 6.92 Å². The number of rotatable bonds is 16. The molecule has 0 rings (SSSR count). The average Bonchev–Trinajstić information content (AvgIpc) is 2.58. The summed E-state index contributed by atoms with van der Waals surface area (Å²) < 4.78 is 5.63. The third kappa shape index (κ3) is 15.0. The standard InChI is InChI=1S/C27H52O3/c1-19(2)12-10-13-22(7)14-11-15-23(8)16-25(28)17-24(9)18-26(29)30-27(20(3)4)21(5)6/h18-23,25,27-28H,10-17H2,1-9H3/b24-18+/t22-,23-,25?/m1/s1. The largest absolute Gasteiger partial charge is 0.459 e. The molecule has 0 fully saturated rings. The van der Waals surface area contributed by atoms with Crippen molar-refractivity contribution in [2.75, 3.05) is 0 Å². The Morgan fingerprint density at radius 2 is 1.33 bits per heavy atom. The molecule has 0 aliphatic heterocycles. The Hall–Kier alpha value is -0.830. The van der Waals surface area contributed by atoms with Crippen LogP contribution in [-0.2, 0) is 9.53 Å². The Balaban J connectivity index is 4.21. The summed E-state index contributed by atoms with van der Waals surface area (Å²) >= 11 is 0.